The first-order chi connectivity index (χ1) is 10.8. The highest BCUT2D eigenvalue weighted by molar-refractivity contribution is 5.33. The predicted molar refractivity (Wildman–Crippen MR) is 87.8 cm³/mol. The Morgan fingerprint density at radius 1 is 1.14 bits per heavy atom. The van der Waals surface area contributed by atoms with E-state index in [2.05, 4.69) is 23.0 Å². The van der Waals surface area contributed by atoms with Gasteiger partial charge >= 0.3 is 0 Å². The van der Waals surface area contributed by atoms with E-state index in [-0.39, 0.29) is 0 Å². The van der Waals surface area contributed by atoms with Gasteiger partial charge in [-0.3, -0.25) is 4.90 Å². The van der Waals surface area contributed by atoms with Crippen LogP contribution in [0.1, 0.15) is 31.2 Å². The Morgan fingerprint density at radius 2 is 1.86 bits per heavy atom. The molecule has 2 aliphatic heterocycles. The summed E-state index contributed by atoms with van der Waals surface area (Å²) in [6.45, 7) is 5.52. The number of rotatable bonds is 4. The molecular weight excluding hydrogens is 274 g/mol. The van der Waals surface area contributed by atoms with E-state index in [1.807, 2.05) is 12.1 Å². The molecule has 1 aromatic rings. The second-order valence-electron chi connectivity index (χ2n) is 6.49. The summed E-state index contributed by atoms with van der Waals surface area (Å²) in [6.07, 6.45) is 10.4. The first-order valence-corrected chi connectivity index (χ1v) is 8.26. The van der Waals surface area contributed by atoms with Crippen molar-refractivity contribution in [2.45, 2.75) is 32.2 Å². The second kappa shape index (κ2) is 7.17. The van der Waals surface area contributed by atoms with Crippen molar-refractivity contribution in [2.75, 3.05) is 32.9 Å². The van der Waals surface area contributed by atoms with Crippen LogP contribution in [0, 0.1) is 17.8 Å². The van der Waals surface area contributed by atoms with Gasteiger partial charge < -0.3 is 9.47 Å². The summed E-state index contributed by atoms with van der Waals surface area (Å²) in [7, 11) is 0. The number of nitrogens with zero attached hydrogens (tertiary/aromatic N) is 1. The summed E-state index contributed by atoms with van der Waals surface area (Å²) in [5.74, 6) is 3.46. The van der Waals surface area contributed by atoms with Crippen molar-refractivity contribution in [1.82, 2.24) is 4.90 Å². The molecule has 1 spiro atoms. The van der Waals surface area contributed by atoms with Crippen molar-refractivity contribution < 1.29 is 9.47 Å². The third kappa shape index (κ3) is 3.63. The van der Waals surface area contributed by atoms with Crippen LogP contribution in [-0.2, 0) is 11.3 Å². The molecule has 2 saturated heterocycles. The summed E-state index contributed by atoms with van der Waals surface area (Å²) in [6, 6.07) is 8.23. The minimum absolute atomic E-state index is 0.333. The van der Waals surface area contributed by atoms with E-state index in [1.165, 1.54) is 44.3 Å². The number of likely N-dealkylation sites (tertiary alicyclic amines) is 1. The summed E-state index contributed by atoms with van der Waals surface area (Å²) < 4.78 is 11.2. The lowest BCUT2D eigenvalue weighted by molar-refractivity contribution is -0.0218. The number of benzene rings is 1. The van der Waals surface area contributed by atoms with E-state index >= 15 is 0 Å². The summed E-state index contributed by atoms with van der Waals surface area (Å²) in [4.78, 5) is 2.54. The fraction of sp³-hybridized carbons (Fsp3) is 0.579. The molecule has 118 valence electrons. The van der Waals surface area contributed by atoms with Crippen LogP contribution in [-0.4, -0.2) is 37.8 Å². The summed E-state index contributed by atoms with van der Waals surface area (Å²) in [5, 5.41) is 0. The maximum atomic E-state index is 5.66. The molecule has 3 nitrogen and oxygen atoms in total. The van der Waals surface area contributed by atoms with Crippen molar-refractivity contribution in [3.8, 4) is 18.1 Å². The van der Waals surface area contributed by atoms with Crippen molar-refractivity contribution in [3.63, 3.8) is 0 Å². The van der Waals surface area contributed by atoms with E-state index < -0.39 is 0 Å². The normalized spacial score (nSPS) is 21.4. The number of ether oxygens (including phenoxy) is 2. The van der Waals surface area contributed by atoms with Crippen LogP contribution in [0.15, 0.2) is 24.3 Å². The molecule has 22 heavy (non-hydrogen) atoms. The highest BCUT2D eigenvalue weighted by atomic mass is 16.5. The number of piperidine rings is 1. The van der Waals surface area contributed by atoms with Crippen LogP contribution in [0.25, 0.3) is 0 Å². The quantitative estimate of drug-likeness (QED) is 0.798. The molecule has 1 aromatic carbocycles. The van der Waals surface area contributed by atoms with Crippen LogP contribution in [0.4, 0.5) is 0 Å². The zero-order chi connectivity index (χ0) is 15.3. The predicted octanol–water partition coefficient (Wildman–Crippen LogP) is 3.09. The molecule has 0 aromatic heterocycles. The van der Waals surface area contributed by atoms with E-state index in [9.17, 15) is 0 Å². The van der Waals surface area contributed by atoms with E-state index in [0.717, 1.165) is 25.5 Å². The number of terminal acetylenes is 1. The number of hydrogen-bond donors (Lipinski definition) is 0. The van der Waals surface area contributed by atoms with Gasteiger partial charge in [-0.25, -0.2) is 0 Å². The van der Waals surface area contributed by atoms with Gasteiger partial charge in [0.2, 0.25) is 0 Å². The Kier molecular flexibility index (Phi) is 5.02. The van der Waals surface area contributed by atoms with Crippen molar-refractivity contribution in [2.24, 2.45) is 5.41 Å². The van der Waals surface area contributed by atoms with Crippen molar-refractivity contribution >= 4 is 0 Å². The fourth-order valence-corrected chi connectivity index (χ4v) is 3.63. The maximum absolute atomic E-state index is 5.66. The highest BCUT2D eigenvalue weighted by Gasteiger charge is 2.35. The molecule has 2 fully saturated rings. The first kappa shape index (κ1) is 15.4. The Bertz CT molecular complexity index is 518. The Hall–Kier alpha value is -1.50. The topological polar surface area (TPSA) is 21.7 Å². The van der Waals surface area contributed by atoms with Gasteiger partial charge in [0, 0.05) is 25.3 Å². The summed E-state index contributed by atoms with van der Waals surface area (Å²) in [5.41, 5.74) is 1.79. The first-order valence-electron chi connectivity index (χ1n) is 8.26. The monoisotopic (exact) mass is 299 g/mol. The van der Waals surface area contributed by atoms with E-state index in [0.29, 0.717) is 12.0 Å². The molecule has 3 rings (SSSR count). The largest absolute Gasteiger partial charge is 0.481 e. The van der Waals surface area contributed by atoms with Gasteiger partial charge in [-0.15, -0.1) is 6.42 Å². The molecule has 0 N–H and O–H groups in total. The fourth-order valence-electron chi connectivity index (χ4n) is 3.63. The molecule has 3 heteroatoms. The maximum Gasteiger partial charge on any atom is 0.148 e. The average Bonchev–Trinajstić information content (AvgIpc) is 2.57. The molecule has 0 saturated carbocycles. The van der Waals surface area contributed by atoms with Gasteiger partial charge in [0.1, 0.15) is 12.4 Å². The zero-order valence-corrected chi connectivity index (χ0v) is 13.2. The van der Waals surface area contributed by atoms with Crippen LogP contribution in [0.3, 0.4) is 0 Å². The molecule has 0 aliphatic carbocycles. The molecular formula is C19H25NO2. The van der Waals surface area contributed by atoms with Crippen LogP contribution >= 0.6 is 0 Å². The zero-order valence-electron chi connectivity index (χ0n) is 13.2. The van der Waals surface area contributed by atoms with Crippen molar-refractivity contribution in [1.29, 1.82) is 0 Å². The number of para-hydroxylation sites is 1. The Balaban J connectivity index is 1.57. The second-order valence-corrected chi connectivity index (χ2v) is 6.49. The SMILES string of the molecule is C#CCOc1ccccc1CN1CCC2(CCOCC2)CC1. The smallest absolute Gasteiger partial charge is 0.148 e. The Labute approximate surface area is 133 Å². The minimum atomic E-state index is 0.333. The lowest BCUT2D eigenvalue weighted by Crippen LogP contribution is -2.42. The molecule has 0 bridgehead atoms. The van der Waals surface area contributed by atoms with Gasteiger partial charge in [-0.05, 0) is 50.3 Å². The van der Waals surface area contributed by atoms with Crippen LogP contribution in [0.2, 0.25) is 0 Å². The van der Waals surface area contributed by atoms with Crippen molar-refractivity contribution in [3.05, 3.63) is 29.8 Å². The van der Waals surface area contributed by atoms with Gasteiger partial charge in [0.15, 0.2) is 0 Å². The molecule has 0 atom stereocenters. The average molecular weight is 299 g/mol. The Morgan fingerprint density at radius 3 is 2.59 bits per heavy atom. The van der Waals surface area contributed by atoms with Crippen LogP contribution in [0.5, 0.6) is 5.75 Å². The molecule has 2 aliphatic rings. The van der Waals surface area contributed by atoms with Gasteiger partial charge in [0.05, 0.1) is 0 Å². The molecule has 0 amide bonds. The van der Waals surface area contributed by atoms with E-state index in [1.54, 1.807) is 0 Å². The molecule has 0 radical (unpaired) electrons. The third-order valence-corrected chi connectivity index (χ3v) is 5.15. The lowest BCUT2D eigenvalue weighted by Gasteiger charge is -2.44. The summed E-state index contributed by atoms with van der Waals surface area (Å²) >= 11 is 0. The third-order valence-electron chi connectivity index (χ3n) is 5.15. The standard InChI is InChI=1S/C19H25NO2/c1-2-13-22-18-6-4-3-5-17(18)16-20-11-7-19(8-12-20)9-14-21-15-10-19/h1,3-6H,7-16H2. The van der Waals surface area contributed by atoms with Gasteiger partial charge in [0.25, 0.3) is 0 Å². The highest BCUT2D eigenvalue weighted by Crippen LogP contribution is 2.41. The van der Waals surface area contributed by atoms with E-state index in [4.69, 9.17) is 15.9 Å². The molecule has 0 unspecified atom stereocenters. The van der Waals surface area contributed by atoms with Gasteiger partial charge in [-0.2, -0.15) is 0 Å². The van der Waals surface area contributed by atoms with Crippen LogP contribution < -0.4 is 4.74 Å². The lowest BCUT2D eigenvalue weighted by atomic mass is 9.72. The molecule has 2 heterocycles. The minimum Gasteiger partial charge on any atom is -0.481 e. The number of hydrogen-bond acceptors (Lipinski definition) is 3. The van der Waals surface area contributed by atoms with Gasteiger partial charge in [-0.1, -0.05) is 24.1 Å².